The minimum absolute atomic E-state index is 0.00140. The van der Waals surface area contributed by atoms with Gasteiger partial charge < -0.3 is 25.0 Å². The van der Waals surface area contributed by atoms with Crippen LogP contribution >= 0.6 is 11.6 Å². The van der Waals surface area contributed by atoms with Gasteiger partial charge in [0, 0.05) is 30.6 Å². The number of aromatic hydroxyl groups is 1. The number of carbonyl (C=O) groups is 2. The summed E-state index contributed by atoms with van der Waals surface area (Å²) >= 11 is 6.26. The summed E-state index contributed by atoms with van der Waals surface area (Å²) in [6.07, 6.45) is -1.82. The first-order valence-corrected chi connectivity index (χ1v) is 19.0. The molecule has 0 bridgehead atoms. The second-order valence-electron chi connectivity index (χ2n) is 15.6. The Morgan fingerprint density at radius 1 is 1.07 bits per heavy atom. The van der Waals surface area contributed by atoms with Gasteiger partial charge in [-0.1, -0.05) is 30.7 Å². The molecular formula is C39H37ClF3N9O5. The largest absolute Gasteiger partial charge is 0.504 e. The minimum atomic E-state index is -4.62. The van der Waals surface area contributed by atoms with Crippen molar-refractivity contribution < 1.29 is 32.6 Å². The van der Waals surface area contributed by atoms with Gasteiger partial charge in [-0.3, -0.25) is 19.0 Å². The summed E-state index contributed by atoms with van der Waals surface area (Å²) in [7, 11) is 0. The number of amides is 2. The predicted molar refractivity (Wildman–Crippen MR) is 201 cm³/mol. The molecule has 9 rings (SSSR count). The number of anilines is 2. The summed E-state index contributed by atoms with van der Waals surface area (Å²) in [6.45, 7) is 8.34. The molecule has 14 nitrogen and oxygen atoms in total. The average Bonchev–Trinajstić information content (AvgIpc) is 3.83. The molecule has 57 heavy (non-hydrogen) atoms. The Balaban J connectivity index is 1.14. The van der Waals surface area contributed by atoms with Crippen molar-refractivity contribution in [3.05, 3.63) is 91.9 Å². The summed E-state index contributed by atoms with van der Waals surface area (Å²) in [5.74, 6) is -1.23. The molecule has 3 aliphatic heterocycles. The number of piperazine rings is 1. The van der Waals surface area contributed by atoms with E-state index in [1.54, 1.807) is 16.4 Å². The van der Waals surface area contributed by atoms with Gasteiger partial charge in [0.05, 0.1) is 45.9 Å². The number of aryl methyl sites for hydroxylation is 1. The first-order valence-electron chi connectivity index (χ1n) is 18.6. The van der Waals surface area contributed by atoms with E-state index in [9.17, 15) is 32.7 Å². The van der Waals surface area contributed by atoms with Crippen LogP contribution in [0.5, 0.6) is 5.75 Å². The highest BCUT2D eigenvalue weighted by Gasteiger charge is 2.49. The lowest BCUT2D eigenvalue weighted by atomic mass is 9.81. The van der Waals surface area contributed by atoms with Crippen LogP contribution in [-0.4, -0.2) is 76.1 Å². The monoisotopic (exact) mass is 803 g/mol. The van der Waals surface area contributed by atoms with Crippen LogP contribution in [0.25, 0.3) is 17.2 Å². The quantitative estimate of drug-likeness (QED) is 0.217. The van der Waals surface area contributed by atoms with Gasteiger partial charge in [-0.05, 0) is 75.4 Å². The highest BCUT2D eigenvalue weighted by Crippen LogP contribution is 2.46. The molecule has 5 aromatic rings. The molecule has 1 saturated heterocycles. The van der Waals surface area contributed by atoms with Crippen molar-refractivity contribution in [3.63, 3.8) is 0 Å². The van der Waals surface area contributed by atoms with Gasteiger partial charge in [-0.2, -0.15) is 22.7 Å². The van der Waals surface area contributed by atoms with Crippen molar-refractivity contribution in [3.8, 4) is 17.1 Å². The molecule has 0 spiro atoms. The van der Waals surface area contributed by atoms with Gasteiger partial charge in [0.15, 0.2) is 17.3 Å². The number of halogens is 4. The topological polar surface area (TPSA) is 160 Å². The van der Waals surface area contributed by atoms with Crippen LogP contribution in [-0.2, 0) is 27.9 Å². The SMILES string of the molecule is Cc1ncnc(C(=O)N2CCN(c3c4n(c5nc(-c6ccc7c(c6)COC7(C)C)nn5c3=O)[C@H](C(=O)Nc3ccc(C(F)(F)F)cc3Cl)C[C@H]4C)[C@H]3CC[C@@H]32)c1O. The van der Waals surface area contributed by atoms with Crippen molar-refractivity contribution in [1.29, 1.82) is 0 Å². The fourth-order valence-corrected chi connectivity index (χ4v) is 9.01. The zero-order valence-corrected chi connectivity index (χ0v) is 32.0. The fourth-order valence-electron chi connectivity index (χ4n) is 8.79. The second kappa shape index (κ2) is 13.0. The molecule has 0 unspecified atom stereocenters. The summed E-state index contributed by atoms with van der Waals surface area (Å²) < 4.78 is 49.1. The first kappa shape index (κ1) is 37.1. The smallest absolute Gasteiger partial charge is 0.416 e. The molecule has 2 aromatic carbocycles. The van der Waals surface area contributed by atoms with E-state index in [0.29, 0.717) is 36.4 Å². The van der Waals surface area contributed by atoms with E-state index in [2.05, 4.69) is 15.3 Å². The molecule has 296 valence electrons. The number of nitrogens with one attached hydrogen (secondary N) is 1. The number of alkyl halides is 3. The van der Waals surface area contributed by atoms with Gasteiger partial charge in [0.2, 0.25) is 11.7 Å². The zero-order chi connectivity index (χ0) is 40.3. The maximum Gasteiger partial charge on any atom is 0.416 e. The van der Waals surface area contributed by atoms with Gasteiger partial charge in [-0.25, -0.2) is 9.97 Å². The number of hydrogen-bond donors (Lipinski definition) is 2. The Morgan fingerprint density at radius 3 is 2.56 bits per heavy atom. The number of benzene rings is 2. The van der Waals surface area contributed by atoms with Gasteiger partial charge >= 0.3 is 6.18 Å². The Morgan fingerprint density at radius 2 is 1.84 bits per heavy atom. The van der Waals surface area contributed by atoms with E-state index >= 15 is 0 Å². The number of rotatable bonds is 5. The van der Waals surface area contributed by atoms with Gasteiger partial charge in [0.1, 0.15) is 18.1 Å². The summed E-state index contributed by atoms with van der Waals surface area (Å²) in [4.78, 5) is 59.4. The fraction of sp³-hybridized carbons (Fsp3) is 0.410. The van der Waals surface area contributed by atoms with Crippen LogP contribution in [0.1, 0.15) is 90.6 Å². The van der Waals surface area contributed by atoms with Crippen molar-refractivity contribution >= 4 is 40.6 Å². The van der Waals surface area contributed by atoms with E-state index in [0.717, 1.165) is 29.3 Å². The normalized spacial score (nSPS) is 22.2. The van der Waals surface area contributed by atoms with Gasteiger partial charge in [-0.15, -0.1) is 5.10 Å². The number of hydrogen-bond acceptors (Lipinski definition) is 10. The molecule has 2 fully saturated rings. The maximum absolute atomic E-state index is 14.8. The molecule has 3 aromatic heterocycles. The summed E-state index contributed by atoms with van der Waals surface area (Å²) in [6, 6.07) is 6.96. The highest BCUT2D eigenvalue weighted by molar-refractivity contribution is 6.33. The minimum Gasteiger partial charge on any atom is -0.504 e. The van der Waals surface area contributed by atoms with E-state index in [-0.39, 0.29) is 77.0 Å². The molecule has 4 atom stereocenters. The summed E-state index contributed by atoms with van der Waals surface area (Å²) in [5.41, 5.74) is 1.87. The van der Waals surface area contributed by atoms with Crippen molar-refractivity contribution in [1.82, 2.24) is 34.0 Å². The lowest BCUT2D eigenvalue weighted by Gasteiger charge is -2.54. The number of nitrogens with zero attached hydrogens (tertiary/aromatic N) is 8. The number of fused-ring (bicyclic) bond motifs is 5. The molecule has 4 aliphatic rings. The van der Waals surface area contributed by atoms with Crippen molar-refractivity contribution in [2.24, 2.45) is 0 Å². The Kier molecular flexibility index (Phi) is 8.44. The molecule has 1 aliphatic carbocycles. The predicted octanol–water partition coefficient (Wildman–Crippen LogP) is 5.98. The number of ether oxygens (including phenoxy) is 1. The Bertz CT molecular complexity index is 2590. The first-order chi connectivity index (χ1) is 27.0. The Labute approximate surface area is 328 Å². The van der Waals surface area contributed by atoms with Crippen LogP contribution in [0.2, 0.25) is 5.02 Å². The molecule has 1 saturated carbocycles. The van der Waals surface area contributed by atoms with E-state index in [1.165, 1.54) is 10.8 Å². The van der Waals surface area contributed by atoms with Crippen LogP contribution in [0, 0.1) is 6.92 Å². The lowest BCUT2D eigenvalue weighted by molar-refractivity contribution is -0.137. The molecule has 2 amide bonds. The van der Waals surface area contributed by atoms with Crippen LogP contribution in [0.4, 0.5) is 24.5 Å². The molecule has 2 N–H and O–H groups in total. The molecular weight excluding hydrogens is 767 g/mol. The van der Waals surface area contributed by atoms with Crippen molar-refractivity contribution in [2.75, 3.05) is 23.3 Å². The van der Waals surface area contributed by atoms with E-state index in [1.807, 2.05) is 43.9 Å². The Hall–Kier alpha value is -5.55. The second-order valence-corrected chi connectivity index (χ2v) is 16.0. The van der Waals surface area contributed by atoms with Crippen molar-refractivity contribution in [2.45, 2.75) is 89.4 Å². The van der Waals surface area contributed by atoms with E-state index in [4.69, 9.17) is 26.4 Å². The third-order valence-electron chi connectivity index (χ3n) is 11.9. The molecule has 6 heterocycles. The third kappa shape index (κ3) is 5.84. The van der Waals surface area contributed by atoms with Crippen LogP contribution < -0.4 is 15.8 Å². The zero-order valence-electron chi connectivity index (χ0n) is 31.3. The van der Waals surface area contributed by atoms with E-state index < -0.39 is 40.8 Å². The third-order valence-corrected chi connectivity index (χ3v) is 12.2. The van der Waals surface area contributed by atoms with Crippen LogP contribution in [0.3, 0.4) is 0 Å². The molecule has 0 radical (unpaired) electrons. The highest BCUT2D eigenvalue weighted by atomic mass is 35.5. The number of carbonyl (C=O) groups excluding carboxylic acids is 2. The molecule has 18 heteroatoms. The summed E-state index contributed by atoms with van der Waals surface area (Å²) in [5, 5.41) is 17.8. The lowest BCUT2D eigenvalue weighted by Crippen LogP contribution is -2.67. The number of aromatic nitrogens is 6. The average molecular weight is 804 g/mol. The van der Waals surface area contributed by atoms with Gasteiger partial charge in [0.25, 0.3) is 11.5 Å². The standard InChI is InChI=1S/C39H37ClF3N9O5/c1-18-13-28(34(54)46-25-8-6-22(15-24(25)40)39(41,42)43)51-30(18)31(49-11-12-50(27-10-9-26(27)49)35(55)29-32(53)19(2)44-17-45-29)36(56)52-37(51)47-33(48-52)20-5-7-23-21(14-20)16-57-38(23,3)4/h5-8,14-15,17-18,26-28,53H,9-13,16H2,1-4H3,(H,46,54)/t18-,26+,27+,28+/m1/s1. The van der Waals surface area contributed by atoms with Crippen LogP contribution in [0.15, 0.2) is 47.5 Å². The maximum atomic E-state index is 14.8.